The van der Waals surface area contributed by atoms with Crippen LogP contribution in [0.25, 0.3) is 0 Å². The van der Waals surface area contributed by atoms with Gasteiger partial charge in [-0.05, 0) is 86.4 Å². The Balaban J connectivity index is 2.16. The molecule has 4 heteroatoms. The van der Waals surface area contributed by atoms with Crippen molar-refractivity contribution >= 4 is 11.9 Å². The third-order valence-corrected chi connectivity index (χ3v) is 8.20. The predicted molar refractivity (Wildman–Crippen MR) is 130 cm³/mol. The van der Waals surface area contributed by atoms with Crippen LogP contribution in [0.3, 0.4) is 0 Å². The molecule has 1 N–H and O–H groups in total. The lowest BCUT2D eigenvalue weighted by molar-refractivity contribution is -0.170. The van der Waals surface area contributed by atoms with E-state index in [0.29, 0.717) is 53.8 Å². The van der Waals surface area contributed by atoms with E-state index in [1.165, 1.54) is 12.8 Å². The van der Waals surface area contributed by atoms with E-state index in [2.05, 4.69) is 55.4 Å². The second-order valence-electron chi connectivity index (χ2n) is 13.0. The smallest absolute Gasteiger partial charge is 0.310 e. The number of esters is 1. The number of aliphatic carboxylic acids is 1. The van der Waals surface area contributed by atoms with Gasteiger partial charge in [0, 0.05) is 5.92 Å². The fourth-order valence-electron chi connectivity index (χ4n) is 7.07. The number of rotatable bonds is 8. The number of carbonyl (C=O) groups is 2. The van der Waals surface area contributed by atoms with Crippen LogP contribution >= 0.6 is 0 Å². The van der Waals surface area contributed by atoms with Gasteiger partial charge in [0.1, 0.15) is 6.10 Å². The van der Waals surface area contributed by atoms with E-state index in [9.17, 15) is 14.7 Å². The van der Waals surface area contributed by atoms with E-state index in [1.54, 1.807) is 0 Å². The zero-order valence-corrected chi connectivity index (χ0v) is 22.0. The van der Waals surface area contributed by atoms with Crippen LogP contribution in [-0.4, -0.2) is 23.1 Å². The minimum Gasteiger partial charge on any atom is -0.481 e. The molecule has 0 saturated heterocycles. The predicted octanol–water partition coefficient (Wildman–Crippen LogP) is 7.21. The highest BCUT2D eigenvalue weighted by Crippen LogP contribution is 2.43. The molecule has 0 bridgehead atoms. The molecule has 0 heterocycles. The molecule has 0 aliphatic heterocycles. The Labute approximate surface area is 197 Å². The second-order valence-corrected chi connectivity index (χ2v) is 13.0. The molecule has 0 amide bonds. The standard InChI is InChI=1S/C28H50O4/c1-17-9-11-22(23(15-17)26(29)30)27(31)32-24(12-10-18(2)16-28(6,7)8)25-20(4)13-19(3)14-21(25)5/h17-25H,9-16H2,1-8H3,(H,29,30). The first-order valence-electron chi connectivity index (χ1n) is 13.2. The van der Waals surface area contributed by atoms with Crippen LogP contribution in [0, 0.1) is 52.8 Å². The molecule has 0 radical (unpaired) electrons. The quantitative estimate of drug-likeness (QED) is 0.397. The van der Waals surface area contributed by atoms with Gasteiger partial charge in [0.05, 0.1) is 11.8 Å². The molecule has 7 atom stereocenters. The summed E-state index contributed by atoms with van der Waals surface area (Å²) in [6.45, 7) is 18.2. The summed E-state index contributed by atoms with van der Waals surface area (Å²) >= 11 is 0. The summed E-state index contributed by atoms with van der Waals surface area (Å²) in [4.78, 5) is 25.2. The Morgan fingerprint density at radius 3 is 2.03 bits per heavy atom. The number of carboxylic acid groups (broad SMARTS) is 1. The van der Waals surface area contributed by atoms with Crippen molar-refractivity contribution in [1.82, 2.24) is 0 Å². The normalized spacial score (nSPS) is 35.7. The van der Waals surface area contributed by atoms with Crippen molar-refractivity contribution in [3.63, 3.8) is 0 Å². The van der Waals surface area contributed by atoms with Crippen LogP contribution in [0.5, 0.6) is 0 Å². The maximum atomic E-state index is 13.3. The Kier molecular flexibility index (Phi) is 9.67. The lowest BCUT2D eigenvalue weighted by Gasteiger charge is -2.43. The summed E-state index contributed by atoms with van der Waals surface area (Å²) in [5.41, 5.74) is 0.292. The molecule has 0 aromatic heterocycles. The number of hydrogen-bond donors (Lipinski definition) is 1. The van der Waals surface area contributed by atoms with Crippen molar-refractivity contribution in [3.05, 3.63) is 0 Å². The van der Waals surface area contributed by atoms with Crippen LogP contribution in [-0.2, 0) is 14.3 Å². The van der Waals surface area contributed by atoms with Crippen LogP contribution in [0.2, 0.25) is 0 Å². The van der Waals surface area contributed by atoms with E-state index in [4.69, 9.17) is 4.74 Å². The molecular weight excluding hydrogens is 400 g/mol. The van der Waals surface area contributed by atoms with Gasteiger partial charge in [-0.2, -0.15) is 0 Å². The molecule has 186 valence electrons. The van der Waals surface area contributed by atoms with Crippen molar-refractivity contribution in [2.24, 2.45) is 52.8 Å². The number of hydrogen-bond acceptors (Lipinski definition) is 3. The fourth-order valence-corrected chi connectivity index (χ4v) is 7.07. The molecule has 0 spiro atoms. The van der Waals surface area contributed by atoms with Gasteiger partial charge in [-0.25, -0.2) is 0 Å². The van der Waals surface area contributed by atoms with Crippen molar-refractivity contribution in [2.45, 2.75) is 113 Å². The Bertz CT molecular complexity index is 609. The van der Waals surface area contributed by atoms with E-state index in [0.717, 1.165) is 25.7 Å². The van der Waals surface area contributed by atoms with Gasteiger partial charge in [-0.15, -0.1) is 0 Å². The Hall–Kier alpha value is -1.06. The Morgan fingerprint density at radius 1 is 0.906 bits per heavy atom. The SMILES string of the molecule is CC1CC(C)C(C(CCC(C)CC(C)(C)C)OC(=O)C2CCC(C)CC2C(=O)O)C(C)C1. The fraction of sp³-hybridized carbons (Fsp3) is 0.929. The van der Waals surface area contributed by atoms with E-state index in [1.807, 2.05) is 0 Å². The van der Waals surface area contributed by atoms with Gasteiger partial charge in [0.25, 0.3) is 0 Å². The summed E-state index contributed by atoms with van der Waals surface area (Å²) in [5, 5.41) is 9.75. The zero-order valence-electron chi connectivity index (χ0n) is 22.0. The van der Waals surface area contributed by atoms with Crippen molar-refractivity contribution in [1.29, 1.82) is 0 Å². The molecule has 2 fully saturated rings. The molecule has 2 aliphatic rings. The highest BCUT2D eigenvalue weighted by atomic mass is 16.5. The molecule has 0 aromatic rings. The number of carbonyl (C=O) groups excluding carboxylic acids is 1. The van der Waals surface area contributed by atoms with Crippen molar-refractivity contribution < 1.29 is 19.4 Å². The average molecular weight is 451 g/mol. The van der Waals surface area contributed by atoms with E-state index < -0.39 is 17.8 Å². The molecule has 7 unspecified atom stereocenters. The average Bonchev–Trinajstić information content (AvgIpc) is 2.63. The minimum atomic E-state index is -0.845. The summed E-state index contributed by atoms with van der Waals surface area (Å²) in [6, 6.07) is 0. The third kappa shape index (κ3) is 7.76. The highest BCUT2D eigenvalue weighted by Gasteiger charge is 2.43. The van der Waals surface area contributed by atoms with Gasteiger partial charge in [0.15, 0.2) is 0 Å². The van der Waals surface area contributed by atoms with Gasteiger partial charge in [-0.3, -0.25) is 9.59 Å². The van der Waals surface area contributed by atoms with Crippen molar-refractivity contribution in [2.75, 3.05) is 0 Å². The van der Waals surface area contributed by atoms with Crippen LogP contribution in [0.1, 0.15) is 107 Å². The molecule has 2 rings (SSSR count). The largest absolute Gasteiger partial charge is 0.481 e. The van der Waals surface area contributed by atoms with E-state index in [-0.39, 0.29) is 12.1 Å². The zero-order chi connectivity index (χ0) is 24.2. The third-order valence-electron chi connectivity index (χ3n) is 8.20. The van der Waals surface area contributed by atoms with E-state index >= 15 is 0 Å². The molecule has 0 aromatic carbocycles. The molecule has 32 heavy (non-hydrogen) atoms. The van der Waals surface area contributed by atoms with Crippen LogP contribution in [0.15, 0.2) is 0 Å². The molecule has 2 aliphatic carbocycles. The van der Waals surface area contributed by atoms with Gasteiger partial charge in [-0.1, -0.05) is 55.4 Å². The van der Waals surface area contributed by atoms with Gasteiger partial charge in [0.2, 0.25) is 0 Å². The first-order chi connectivity index (χ1) is 14.8. The second kappa shape index (κ2) is 11.4. The van der Waals surface area contributed by atoms with Crippen LogP contribution in [0.4, 0.5) is 0 Å². The maximum Gasteiger partial charge on any atom is 0.310 e. The minimum absolute atomic E-state index is 0.101. The van der Waals surface area contributed by atoms with Gasteiger partial charge >= 0.3 is 11.9 Å². The van der Waals surface area contributed by atoms with Gasteiger partial charge < -0.3 is 9.84 Å². The molecule has 2 saturated carbocycles. The summed E-state index contributed by atoms with van der Waals surface area (Å²) in [7, 11) is 0. The van der Waals surface area contributed by atoms with Crippen LogP contribution < -0.4 is 0 Å². The lowest BCUT2D eigenvalue weighted by atomic mass is 9.66. The summed E-state index contributed by atoms with van der Waals surface area (Å²) in [5.74, 6) is 0.849. The maximum absolute atomic E-state index is 13.3. The number of carboxylic acids is 1. The summed E-state index contributed by atoms with van der Waals surface area (Å²) < 4.78 is 6.30. The first-order valence-corrected chi connectivity index (χ1v) is 13.2. The monoisotopic (exact) mass is 450 g/mol. The summed E-state index contributed by atoms with van der Waals surface area (Å²) in [6.07, 6.45) is 7.47. The van der Waals surface area contributed by atoms with Crippen molar-refractivity contribution in [3.8, 4) is 0 Å². The first kappa shape index (κ1) is 27.2. The number of ether oxygens (including phenoxy) is 1. The lowest BCUT2D eigenvalue weighted by Crippen LogP contribution is -2.43. The topological polar surface area (TPSA) is 63.6 Å². The highest BCUT2D eigenvalue weighted by molar-refractivity contribution is 5.81. The Morgan fingerprint density at radius 2 is 1.50 bits per heavy atom. The molecule has 4 nitrogen and oxygen atoms in total. The molecular formula is C28H50O4.